The Balaban J connectivity index is 1.74. The first-order chi connectivity index (χ1) is 10.1. The predicted molar refractivity (Wildman–Crippen MR) is 86.8 cm³/mol. The van der Waals surface area contributed by atoms with Crippen LogP contribution in [-0.2, 0) is 0 Å². The fraction of sp³-hybridized carbons (Fsp3) is 0.562. The van der Waals surface area contributed by atoms with Crippen LogP contribution >= 0.6 is 11.8 Å². The lowest BCUT2D eigenvalue weighted by atomic mass is 9.78. The van der Waals surface area contributed by atoms with E-state index in [1.807, 2.05) is 0 Å². The van der Waals surface area contributed by atoms with Gasteiger partial charge in [0.05, 0.1) is 12.6 Å². The molecule has 1 aromatic rings. The van der Waals surface area contributed by atoms with Crippen LogP contribution in [-0.4, -0.2) is 23.6 Å². The van der Waals surface area contributed by atoms with Crippen molar-refractivity contribution in [3.05, 3.63) is 24.0 Å². The summed E-state index contributed by atoms with van der Waals surface area (Å²) in [7, 11) is 1.47. The number of nitrogens with zero attached hydrogens (tertiary/aromatic N) is 1. The average Bonchev–Trinajstić information content (AvgIpc) is 2.83. The Labute approximate surface area is 129 Å². The molecule has 2 unspecified atom stereocenters. The van der Waals surface area contributed by atoms with Gasteiger partial charge >= 0.3 is 0 Å². The molecule has 2 atom stereocenters. The molecule has 0 saturated heterocycles. The largest absolute Gasteiger partial charge is 0.494 e. The zero-order valence-electron chi connectivity index (χ0n) is 12.5. The molecule has 21 heavy (non-hydrogen) atoms. The van der Waals surface area contributed by atoms with Crippen LogP contribution in [0.15, 0.2) is 23.2 Å². The second kappa shape index (κ2) is 5.87. The lowest BCUT2D eigenvalue weighted by molar-refractivity contribution is 0.266. The van der Waals surface area contributed by atoms with Crippen molar-refractivity contribution in [3.8, 4) is 5.75 Å². The van der Waals surface area contributed by atoms with Gasteiger partial charge in [-0.15, -0.1) is 0 Å². The third kappa shape index (κ3) is 3.18. The van der Waals surface area contributed by atoms with Crippen molar-refractivity contribution in [2.24, 2.45) is 10.9 Å². The minimum absolute atomic E-state index is 0.120. The van der Waals surface area contributed by atoms with Crippen molar-refractivity contribution in [1.82, 2.24) is 0 Å². The van der Waals surface area contributed by atoms with E-state index in [0.717, 1.165) is 22.5 Å². The van der Waals surface area contributed by atoms with Gasteiger partial charge in [0.1, 0.15) is 0 Å². The molecule has 114 valence electrons. The highest BCUT2D eigenvalue weighted by atomic mass is 32.2. The maximum Gasteiger partial charge on any atom is 0.165 e. The molecular formula is C16H21FN2OS. The second-order valence-corrected chi connectivity index (χ2v) is 7.07. The third-order valence-electron chi connectivity index (χ3n) is 4.29. The van der Waals surface area contributed by atoms with Gasteiger partial charge < -0.3 is 10.1 Å². The molecule has 0 amide bonds. The first kappa shape index (κ1) is 14.7. The molecule has 1 aliphatic carbocycles. The number of ether oxygens (including phenoxy) is 1. The monoisotopic (exact) mass is 308 g/mol. The number of amidine groups is 1. The fourth-order valence-electron chi connectivity index (χ4n) is 3.27. The molecule has 1 N–H and O–H groups in total. The summed E-state index contributed by atoms with van der Waals surface area (Å²) < 4.78 is 18.4. The molecule has 1 spiro atoms. The molecule has 0 aromatic heterocycles. The van der Waals surface area contributed by atoms with Gasteiger partial charge in [0, 0.05) is 17.5 Å². The molecule has 1 saturated carbocycles. The van der Waals surface area contributed by atoms with Gasteiger partial charge in [0.25, 0.3) is 0 Å². The Morgan fingerprint density at radius 1 is 1.48 bits per heavy atom. The number of aliphatic imine (C=N–C) groups is 1. The first-order valence-corrected chi connectivity index (χ1v) is 8.42. The van der Waals surface area contributed by atoms with Crippen LogP contribution in [0.5, 0.6) is 5.75 Å². The van der Waals surface area contributed by atoms with Gasteiger partial charge in [-0.05, 0) is 30.9 Å². The smallest absolute Gasteiger partial charge is 0.165 e. The SMILES string of the molecule is COc1cc(NC2=NC3(CCCC(C)C3)CS2)ccc1F. The number of hydrogen-bond acceptors (Lipinski definition) is 4. The molecule has 1 aliphatic heterocycles. The van der Waals surface area contributed by atoms with E-state index in [2.05, 4.69) is 12.2 Å². The van der Waals surface area contributed by atoms with E-state index >= 15 is 0 Å². The van der Waals surface area contributed by atoms with Crippen molar-refractivity contribution in [2.75, 3.05) is 18.2 Å². The highest BCUT2D eigenvalue weighted by molar-refractivity contribution is 8.14. The number of anilines is 1. The minimum atomic E-state index is -0.346. The van der Waals surface area contributed by atoms with E-state index in [4.69, 9.17) is 9.73 Å². The topological polar surface area (TPSA) is 33.6 Å². The first-order valence-electron chi connectivity index (χ1n) is 7.43. The van der Waals surface area contributed by atoms with Gasteiger partial charge in [0.2, 0.25) is 0 Å². The number of thioether (sulfide) groups is 1. The highest BCUT2D eigenvalue weighted by Crippen LogP contribution is 2.42. The zero-order valence-corrected chi connectivity index (χ0v) is 13.3. The van der Waals surface area contributed by atoms with E-state index in [1.165, 1.54) is 38.9 Å². The highest BCUT2D eigenvalue weighted by Gasteiger charge is 2.39. The molecule has 5 heteroatoms. The maximum absolute atomic E-state index is 13.4. The Hall–Kier alpha value is -1.23. The van der Waals surface area contributed by atoms with Gasteiger partial charge in [-0.1, -0.05) is 31.5 Å². The normalized spacial score (nSPS) is 28.5. The van der Waals surface area contributed by atoms with Crippen LogP contribution in [0.3, 0.4) is 0 Å². The van der Waals surface area contributed by atoms with E-state index in [1.54, 1.807) is 23.9 Å². The number of benzene rings is 1. The third-order valence-corrected chi connectivity index (χ3v) is 5.43. The molecule has 1 aromatic carbocycles. The summed E-state index contributed by atoms with van der Waals surface area (Å²) in [5, 5.41) is 4.24. The second-order valence-electron chi connectivity index (χ2n) is 6.11. The number of nitrogens with one attached hydrogen (secondary N) is 1. The van der Waals surface area contributed by atoms with Crippen LogP contribution in [0.2, 0.25) is 0 Å². The molecule has 0 bridgehead atoms. The van der Waals surface area contributed by atoms with E-state index < -0.39 is 0 Å². The van der Waals surface area contributed by atoms with Crippen LogP contribution in [0.25, 0.3) is 0 Å². The van der Waals surface area contributed by atoms with Crippen LogP contribution in [0.4, 0.5) is 10.1 Å². The van der Waals surface area contributed by atoms with Crippen molar-refractivity contribution < 1.29 is 9.13 Å². The molecule has 1 heterocycles. The number of halogens is 1. The van der Waals surface area contributed by atoms with E-state index in [-0.39, 0.29) is 17.1 Å². The summed E-state index contributed by atoms with van der Waals surface area (Å²) in [6, 6.07) is 4.81. The van der Waals surface area contributed by atoms with Gasteiger partial charge in [0.15, 0.2) is 16.7 Å². The summed E-state index contributed by atoms with van der Waals surface area (Å²) in [5.74, 6) is 1.72. The molecule has 1 fully saturated rings. The molecule has 3 nitrogen and oxygen atoms in total. The van der Waals surface area contributed by atoms with Crippen molar-refractivity contribution in [2.45, 2.75) is 38.1 Å². The minimum Gasteiger partial charge on any atom is -0.494 e. The Kier molecular flexibility index (Phi) is 4.11. The van der Waals surface area contributed by atoms with Crippen molar-refractivity contribution >= 4 is 22.6 Å². The summed E-state index contributed by atoms with van der Waals surface area (Å²) in [6.45, 7) is 2.32. The van der Waals surface area contributed by atoms with Crippen LogP contribution in [0, 0.1) is 11.7 Å². The summed E-state index contributed by atoms with van der Waals surface area (Å²) in [5.41, 5.74) is 0.940. The molecule has 0 radical (unpaired) electrons. The zero-order chi connectivity index (χ0) is 14.9. The van der Waals surface area contributed by atoms with Gasteiger partial charge in [-0.25, -0.2) is 4.39 Å². The average molecular weight is 308 g/mol. The summed E-state index contributed by atoms with van der Waals surface area (Å²) >= 11 is 1.77. The molecular weight excluding hydrogens is 287 g/mol. The summed E-state index contributed by atoms with van der Waals surface area (Å²) in [4.78, 5) is 4.94. The van der Waals surface area contributed by atoms with Crippen LogP contribution in [0.1, 0.15) is 32.6 Å². The summed E-state index contributed by atoms with van der Waals surface area (Å²) in [6.07, 6.45) is 4.95. The van der Waals surface area contributed by atoms with Gasteiger partial charge in [-0.3, -0.25) is 4.99 Å². The van der Waals surface area contributed by atoms with E-state index in [9.17, 15) is 4.39 Å². The predicted octanol–water partition coefficient (Wildman–Crippen LogP) is 4.30. The fourth-order valence-corrected chi connectivity index (χ4v) is 4.45. The van der Waals surface area contributed by atoms with Crippen molar-refractivity contribution in [3.63, 3.8) is 0 Å². The van der Waals surface area contributed by atoms with E-state index in [0.29, 0.717) is 0 Å². The lowest BCUT2D eigenvalue weighted by Gasteiger charge is -2.33. The Bertz CT molecular complexity index is 563. The number of hydrogen-bond donors (Lipinski definition) is 1. The number of rotatable bonds is 2. The maximum atomic E-state index is 13.4. The van der Waals surface area contributed by atoms with Gasteiger partial charge in [-0.2, -0.15) is 0 Å². The Morgan fingerprint density at radius 3 is 3.10 bits per heavy atom. The standard InChI is InChI=1S/C16H21FN2OS/c1-11-4-3-7-16(9-11)10-21-15(19-16)18-12-5-6-13(17)14(8-12)20-2/h5-6,8,11H,3-4,7,9-10H2,1-2H3,(H,18,19). The van der Waals surface area contributed by atoms with Crippen molar-refractivity contribution in [1.29, 1.82) is 0 Å². The number of methoxy groups -OCH3 is 1. The molecule has 2 aliphatic rings. The van der Waals surface area contributed by atoms with Crippen LogP contribution < -0.4 is 10.1 Å². The molecule has 3 rings (SSSR count). The Morgan fingerprint density at radius 2 is 2.33 bits per heavy atom. The quantitative estimate of drug-likeness (QED) is 0.884. The lowest BCUT2D eigenvalue weighted by Crippen LogP contribution is -2.33.